The monoisotopic (exact) mass is 271 g/mol. The van der Waals surface area contributed by atoms with Crippen LogP contribution >= 0.6 is 15.9 Å². The molecule has 0 saturated carbocycles. The first-order valence-corrected chi connectivity index (χ1v) is 5.83. The van der Waals surface area contributed by atoms with Crippen LogP contribution in [0.3, 0.4) is 0 Å². The normalized spacial score (nSPS) is 20.8. The number of hydroxylamine groups is 1. The molecule has 1 aliphatic rings. The molecular formula is C11H14BrNO2. The Morgan fingerprint density at radius 1 is 1.53 bits per heavy atom. The highest BCUT2D eigenvalue weighted by molar-refractivity contribution is 9.10. The lowest BCUT2D eigenvalue weighted by atomic mass is 9.97. The fraction of sp³-hybridized carbons (Fsp3) is 0.455. The van der Waals surface area contributed by atoms with Gasteiger partial charge < -0.3 is 9.94 Å². The van der Waals surface area contributed by atoms with Crippen LogP contribution in [0.15, 0.2) is 22.7 Å². The Bertz CT molecular complexity index is 337. The molecular weight excluding hydrogens is 258 g/mol. The summed E-state index contributed by atoms with van der Waals surface area (Å²) in [6, 6.07) is 6.18. The molecule has 1 aliphatic heterocycles. The predicted molar refractivity (Wildman–Crippen MR) is 60.9 cm³/mol. The average molecular weight is 272 g/mol. The molecule has 0 aliphatic carbocycles. The van der Waals surface area contributed by atoms with Crippen LogP contribution in [0.25, 0.3) is 0 Å². The van der Waals surface area contributed by atoms with Gasteiger partial charge in [0.1, 0.15) is 0 Å². The van der Waals surface area contributed by atoms with Gasteiger partial charge in [0.2, 0.25) is 0 Å². The lowest BCUT2D eigenvalue weighted by Gasteiger charge is -2.11. The summed E-state index contributed by atoms with van der Waals surface area (Å²) in [5.41, 5.74) is 4.52. The number of hydrogen-bond acceptors (Lipinski definition) is 3. The van der Waals surface area contributed by atoms with E-state index in [1.54, 1.807) is 0 Å². The van der Waals surface area contributed by atoms with E-state index in [-0.39, 0.29) is 0 Å². The third kappa shape index (κ3) is 2.58. The number of rotatable bonds is 3. The van der Waals surface area contributed by atoms with Crippen molar-refractivity contribution in [1.82, 2.24) is 5.48 Å². The molecule has 1 heterocycles. The van der Waals surface area contributed by atoms with E-state index in [2.05, 4.69) is 27.5 Å². The Labute approximate surface area is 97.5 Å². The largest absolute Gasteiger partial charge is 0.381 e. The number of nitrogens with one attached hydrogen (secondary N) is 1. The molecule has 3 nitrogen and oxygen atoms in total. The van der Waals surface area contributed by atoms with Crippen LogP contribution in [-0.4, -0.2) is 18.4 Å². The van der Waals surface area contributed by atoms with Gasteiger partial charge in [0.25, 0.3) is 0 Å². The van der Waals surface area contributed by atoms with E-state index in [0.717, 1.165) is 29.7 Å². The van der Waals surface area contributed by atoms with Crippen LogP contribution in [0.5, 0.6) is 0 Å². The SMILES string of the molecule is ONCc1ccc(C2CCOC2)c(Br)c1. The van der Waals surface area contributed by atoms with E-state index in [0.29, 0.717) is 12.5 Å². The van der Waals surface area contributed by atoms with Crippen LogP contribution in [0.1, 0.15) is 23.5 Å². The number of ether oxygens (including phenoxy) is 1. The molecule has 0 spiro atoms. The summed E-state index contributed by atoms with van der Waals surface area (Å²) < 4.78 is 6.47. The summed E-state index contributed by atoms with van der Waals surface area (Å²) in [4.78, 5) is 0. The standard InChI is InChI=1S/C11H14BrNO2/c12-11-5-8(6-13-14)1-2-10(11)9-3-4-15-7-9/h1-2,5,9,13-14H,3-4,6-7H2. The van der Waals surface area contributed by atoms with Crippen molar-refractivity contribution in [3.05, 3.63) is 33.8 Å². The quantitative estimate of drug-likeness (QED) is 0.830. The van der Waals surface area contributed by atoms with Gasteiger partial charge in [-0.15, -0.1) is 0 Å². The molecule has 0 radical (unpaired) electrons. The summed E-state index contributed by atoms with van der Waals surface area (Å²) in [5, 5.41) is 8.61. The summed E-state index contributed by atoms with van der Waals surface area (Å²) in [6.45, 7) is 2.15. The van der Waals surface area contributed by atoms with E-state index >= 15 is 0 Å². The van der Waals surface area contributed by atoms with Crippen LogP contribution in [0, 0.1) is 0 Å². The molecule has 2 rings (SSSR count). The summed E-state index contributed by atoms with van der Waals surface area (Å²) >= 11 is 3.56. The highest BCUT2D eigenvalue weighted by Gasteiger charge is 2.19. The summed E-state index contributed by atoms with van der Waals surface area (Å²) in [6.07, 6.45) is 1.09. The molecule has 0 bridgehead atoms. The second-order valence-electron chi connectivity index (χ2n) is 3.75. The Morgan fingerprint density at radius 2 is 2.40 bits per heavy atom. The lowest BCUT2D eigenvalue weighted by Crippen LogP contribution is -2.07. The van der Waals surface area contributed by atoms with Gasteiger partial charge in [0.05, 0.1) is 6.61 Å². The van der Waals surface area contributed by atoms with Crippen LogP contribution in [0.4, 0.5) is 0 Å². The zero-order chi connectivity index (χ0) is 10.7. The van der Waals surface area contributed by atoms with Crippen molar-refractivity contribution in [2.75, 3.05) is 13.2 Å². The molecule has 1 saturated heterocycles. The van der Waals surface area contributed by atoms with Crippen molar-refractivity contribution in [2.24, 2.45) is 0 Å². The molecule has 4 heteroatoms. The maximum atomic E-state index is 8.61. The topological polar surface area (TPSA) is 41.5 Å². The molecule has 15 heavy (non-hydrogen) atoms. The number of hydrogen-bond donors (Lipinski definition) is 2. The predicted octanol–water partition coefficient (Wildman–Crippen LogP) is 2.43. The highest BCUT2D eigenvalue weighted by atomic mass is 79.9. The maximum Gasteiger partial charge on any atom is 0.0535 e. The van der Waals surface area contributed by atoms with Gasteiger partial charge in [-0.1, -0.05) is 28.1 Å². The molecule has 1 aromatic rings. The summed E-state index contributed by atoms with van der Waals surface area (Å²) in [5.74, 6) is 0.510. The molecule has 1 fully saturated rings. The van der Waals surface area contributed by atoms with Crippen molar-refractivity contribution >= 4 is 15.9 Å². The van der Waals surface area contributed by atoms with E-state index in [1.807, 2.05) is 12.1 Å². The molecule has 1 atom stereocenters. The average Bonchev–Trinajstić information content (AvgIpc) is 2.71. The number of halogens is 1. The Hall–Kier alpha value is -0.420. The van der Waals surface area contributed by atoms with Crippen LogP contribution < -0.4 is 5.48 Å². The number of benzene rings is 1. The lowest BCUT2D eigenvalue weighted by molar-refractivity contribution is 0.161. The summed E-state index contributed by atoms with van der Waals surface area (Å²) in [7, 11) is 0. The first-order valence-electron chi connectivity index (χ1n) is 5.04. The smallest absolute Gasteiger partial charge is 0.0535 e. The van der Waals surface area contributed by atoms with Gasteiger partial charge in [0, 0.05) is 23.5 Å². The van der Waals surface area contributed by atoms with E-state index in [4.69, 9.17) is 9.94 Å². The molecule has 82 valence electrons. The molecule has 2 N–H and O–H groups in total. The first kappa shape index (κ1) is 11.1. The van der Waals surface area contributed by atoms with Crippen molar-refractivity contribution in [1.29, 1.82) is 0 Å². The van der Waals surface area contributed by atoms with Crippen LogP contribution in [-0.2, 0) is 11.3 Å². The van der Waals surface area contributed by atoms with Gasteiger partial charge >= 0.3 is 0 Å². The van der Waals surface area contributed by atoms with E-state index < -0.39 is 0 Å². The second-order valence-corrected chi connectivity index (χ2v) is 4.61. The molecule has 1 aromatic carbocycles. The minimum absolute atomic E-state index is 0.472. The molecule has 0 amide bonds. The van der Waals surface area contributed by atoms with Crippen molar-refractivity contribution in [2.45, 2.75) is 18.9 Å². The van der Waals surface area contributed by atoms with E-state index in [9.17, 15) is 0 Å². The first-order chi connectivity index (χ1) is 7.31. The highest BCUT2D eigenvalue weighted by Crippen LogP contribution is 2.31. The molecule has 0 aromatic heterocycles. The van der Waals surface area contributed by atoms with Gasteiger partial charge in [-0.05, 0) is 23.6 Å². The Balaban J connectivity index is 2.18. The third-order valence-corrected chi connectivity index (χ3v) is 3.40. The Kier molecular flexibility index (Phi) is 3.75. The fourth-order valence-electron chi connectivity index (χ4n) is 1.88. The van der Waals surface area contributed by atoms with Crippen molar-refractivity contribution in [3.63, 3.8) is 0 Å². The Morgan fingerprint density at radius 3 is 3.00 bits per heavy atom. The zero-order valence-electron chi connectivity index (χ0n) is 8.37. The third-order valence-electron chi connectivity index (χ3n) is 2.72. The molecule has 1 unspecified atom stereocenters. The van der Waals surface area contributed by atoms with E-state index in [1.165, 1.54) is 5.56 Å². The zero-order valence-corrected chi connectivity index (χ0v) is 9.96. The van der Waals surface area contributed by atoms with Gasteiger partial charge in [0.15, 0.2) is 0 Å². The van der Waals surface area contributed by atoms with Crippen molar-refractivity contribution < 1.29 is 9.94 Å². The van der Waals surface area contributed by atoms with Crippen LogP contribution in [0.2, 0.25) is 0 Å². The van der Waals surface area contributed by atoms with Gasteiger partial charge in [-0.25, -0.2) is 5.48 Å². The van der Waals surface area contributed by atoms with Gasteiger partial charge in [-0.3, -0.25) is 0 Å². The maximum absolute atomic E-state index is 8.61. The fourth-order valence-corrected chi connectivity index (χ4v) is 2.63. The second kappa shape index (κ2) is 5.07. The minimum atomic E-state index is 0.472. The van der Waals surface area contributed by atoms with Gasteiger partial charge in [-0.2, -0.15) is 0 Å². The minimum Gasteiger partial charge on any atom is -0.381 e. The van der Waals surface area contributed by atoms with Crippen molar-refractivity contribution in [3.8, 4) is 0 Å².